The Hall–Kier alpha value is -3.02. The number of nitrogens with one attached hydrogen (secondary N) is 2. The van der Waals surface area contributed by atoms with Crippen LogP contribution in [0, 0.1) is 12.9 Å². The van der Waals surface area contributed by atoms with Gasteiger partial charge in [-0.05, 0) is 25.5 Å². The summed E-state index contributed by atoms with van der Waals surface area (Å²) in [6.07, 6.45) is 2.60. The molecule has 126 valence electrons. The SMILES string of the molecule is C=CCC1CNC(=O)c2cc(-c3cccc4nc(C)c(F)nc34)[nH]c21. The largest absolute Gasteiger partial charge is 0.357 e. The third-order valence-electron chi connectivity index (χ3n) is 4.56. The minimum atomic E-state index is -0.585. The van der Waals surface area contributed by atoms with Crippen LogP contribution < -0.4 is 5.32 Å². The van der Waals surface area contributed by atoms with Crippen molar-refractivity contribution in [2.24, 2.45) is 0 Å². The molecule has 1 aliphatic heterocycles. The molecule has 1 atom stereocenters. The fourth-order valence-corrected chi connectivity index (χ4v) is 3.30. The zero-order valence-electron chi connectivity index (χ0n) is 13.8. The van der Waals surface area contributed by atoms with Gasteiger partial charge >= 0.3 is 0 Å². The number of allylic oxidation sites excluding steroid dienone is 1. The normalized spacial score (nSPS) is 16.6. The van der Waals surface area contributed by atoms with Crippen molar-refractivity contribution in [3.63, 3.8) is 0 Å². The highest BCUT2D eigenvalue weighted by Gasteiger charge is 2.27. The Kier molecular flexibility index (Phi) is 3.60. The molecule has 1 aliphatic rings. The lowest BCUT2D eigenvalue weighted by molar-refractivity contribution is 0.0940. The standard InChI is InChI=1S/C19H17FN4O/c1-3-5-11-9-21-19(25)13-8-15(23-16(11)13)12-6-4-7-14-17(12)24-18(20)10(2)22-14/h3-4,6-8,11,23H,1,5,9H2,2H3,(H,21,25). The Morgan fingerprint density at radius 3 is 3.00 bits per heavy atom. The predicted octanol–water partition coefficient (Wildman–Crippen LogP) is 3.48. The highest BCUT2D eigenvalue weighted by Crippen LogP contribution is 2.33. The van der Waals surface area contributed by atoms with Gasteiger partial charge in [0.1, 0.15) is 5.52 Å². The van der Waals surface area contributed by atoms with Crippen LogP contribution in [0.5, 0.6) is 0 Å². The lowest BCUT2D eigenvalue weighted by Crippen LogP contribution is -2.34. The Morgan fingerprint density at radius 1 is 1.36 bits per heavy atom. The van der Waals surface area contributed by atoms with Gasteiger partial charge in [-0.1, -0.05) is 18.2 Å². The zero-order chi connectivity index (χ0) is 17.6. The minimum Gasteiger partial charge on any atom is -0.357 e. The van der Waals surface area contributed by atoms with Crippen LogP contribution in [0.3, 0.4) is 0 Å². The lowest BCUT2D eigenvalue weighted by Gasteiger charge is -2.21. The van der Waals surface area contributed by atoms with Crippen molar-refractivity contribution in [2.45, 2.75) is 19.3 Å². The zero-order valence-corrected chi connectivity index (χ0v) is 13.8. The summed E-state index contributed by atoms with van der Waals surface area (Å²) in [5, 5.41) is 2.90. The van der Waals surface area contributed by atoms with Gasteiger partial charge in [0.15, 0.2) is 0 Å². The number of carbonyl (C=O) groups is 1. The van der Waals surface area contributed by atoms with Crippen molar-refractivity contribution >= 4 is 16.9 Å². The smallest absolute Gasteiger partial charge is 0.253 e. The third-order valence-corrected chi connectivity index (χ3v) is 4.56. The molecule has 5 nitrogen and oxygen atoms in total. The molecule has 0 saturated carbocycles. The summed E-state index contributed by atoms with van der Waals surface area (Å²) in [7, 11) is 0. The molecule has 0 radical (unpaired) electrons. The number of hydrogen-bond donors (Lipinski definition) is 2. The summed E-state index contributed by atoms with van der Waals surface area (Å²) in [5.41, 5.74) is 4.33. The second kappa shape index (κ2) is 5.81. The second-order valence-electron chi connectivity index (χ2n) is 6.21. The molecule has 1 aromatic carbocycles. The van der Waals surface area contributed by atoms with E-state index >= 15 is 0 Å². The summed E-state index contributed by atoms with van der Waals surface area (Å²) in [6.45, 7) is 5.94. The van der Waals surface area contributed by atoms with Crippen LogP contribution in [0.15, 0.2) is 36.9 Å². The molecule has 3 aromatic rings. The fourth-order valence-electron chi connectivity index (χ4n) is 3.30. The molecular weight excluding hydrogens is 319 g/mol. The molecule has 0 aliphatic carbocycles. The van der Waals surface area contributed by atoms with Crippen LogP contribution in [-0.4, -0.2) is 27.4 Å². The number of hydrogen-bond acceptors (Lipinski definition) is 3. The topological polar surface area (TPSA) is 70.7 Å². The summed E-state index contributed by atoms with van der Waals surface area (Å²) >= 11 is 0. The minimum absolute atomic E-state index is 0.105. The van der Waals surface area contributed by atoms with Crippen LogP contribution in [0.1, 0.15) is 34.1 Å². The Bertz CT molecular complexity index is 1010. The molecule has 1 amide bonds. The molecule has 1 unspecified atom stereocenters. The number of aromatic amines is 1. The van der Waals surface area contributed by atoms with Crippen molar-refractivity contribution in [3.05, 3.63) is 59.8 Å². The van der Waals surface area contributed by atoms with Gasteiger partial charge < -0.3 is 10.3 Å². The lowest BCUT2D eigenvalue weighted by atomic mass is 9.94. The highest BCUT2D eigenvalue weighted by molar-refractivity contribution is 5.99. The van der Waals surface area contributed by atoms with Crippen molar-refractivity contribution in [3.8, 4) is 11.3 Å². The summed E-state index contributed by atoms with van der Waals surface area (Å²) in [5.74, 6) is -0.538. The number of aromatic nitrogens is 3. The molecule has 2 N–H and O–H groups in total. The third kappa shape index (κ3) is 2.50. The van der Waals surface area contributed by atoms with Gasteiger partial charge in [0.2, 0.25) is 5.95 Å². The van der Waals surface area contributed by atoms with Gasteiger partial charge in [-0.3, -0.25) is 4.79 Å². The number of rotatable bonds is 3. The molecule has 25 heavy (non-hydrogen) atoms. The molecule has 0 spiro atoms. The van der Waals surface area contributed by atoms with E-state index < -0.39 is 5.95 Å². The van der Waals surface area contributed by atoms with Gasteiger partial charge in [0.05, 0.1) is 16.8 Å². The van der Waals surface area contributed by atoms with Gasteiger partial charge in [-0.25, -0.2) is 9.97 Å². The van der Waals surface area contributed by atoms with Gasteiger partial charge in [-0.15, -0.1) is 6.58 Å². The quantitative estimate of drug-likeness (QED) is 0.720. The average molecular weight is 336 g/mol. The van der Waals surface area contributed by atoms with Crippen molar-refractivity contribution in [1.29, 1.82) is 0 Å². The first kappa shape index (κ1) is 15.5. The first-order valence-corrected chi connectivity index (χ1v) is 8.13. The molecule has 0 saturated heterocycles. The highest BCUT2D eigenvalue weighted by atomic mass is 19.1. The molecule has 4 rings (SSSR count). The molecular formula is C19H17FN4O. The maximum atomic E-state index is 13.9. The van der Waals surface area contributed by atoms with E-state index in [-0.39, 0.29) is 17.5 Å². The monoisotopic (exact) mass is 336 g/mol. The van der Waals surface area contributed by atoms with E-state index in [0.717, 1.165) is 23.4 Å². The summed E-state index contributed by atoms with van der Waals surface area (Å²) < 4.78 is 13.9. The van der Waals surface area contributed by atoms with Crippen molar-refractivity contribution in [1.82, 2.24) is 20.3 Å². The number of fused-ring (bicyclic) bond motifs is 2. The van der Waals surface area contributed by atoms with E-state index in [2.05, 4.69) is 26.8 Å². The molecule has 2 aromatic heterocycles. The number of carbonyl (C=O) groups excluding carboxylic acids is 1. The Morgan fingerprint density at radius 2 is 2.20 bits per heavy atom. The Labute approximate surface area is 144 Å². The number of benzene rings is 1. The van der Waals surface area contributed by atoms with E-state index in [1.54, 1.807) is 19.1 Å². The molecule has 0 bridgehead atoms. The molecule has 0 fully saturated rings. The van der Waals surface area contributed by atoms with Crippen molar-refractivity contribution in [2.75, 3.05) is 6.54 Å². The number of para-hydroxylation sites is 1. The van der Waals surface area contributed by atoms with Crippen LogP contribution in [0.2, 0.25) is 0 Å². The van der Waals surface area contributed by atoms with E-state index in [1.165, 1.54) is 0 Å². The maximum Gasteiger partial charge on any atom is 0.253 e. The Balaban J connectivity index is 1.90. The fraction of sp³-hybridized carbons (Fsp3) is 0.211. The van der Waals surface area contributed by atoms with Gasteiger partial charge in [0, 0.05) is 29.4 Å². The number of amides is 1. The van der Waals surface area contributed by atoms with Gasteiger partial charge in [0.25, 0.3) is 5.91 Å². The number of halogens is 1. The van der Waals surface area contributed by atoms with E-state index in [1.807, 2.05) is 18.2 Å². The number of aryl methyl sites for hydroxylation is 1. The first-order valence-electron chi connectivity index (χ1n) is 8.13. The van der Waals surface area contributed by atoms with E-state index in [0.29, 0.717) is 23.1 Å². The van der Waals surface area contributed by atoms with Crippen LogP contribution >= 0.6 is 0 Å². The van der Waals surface area contributed by atoms with E-state index in [4.69, 9.17) is 0 Å². The molecule has 6 heteroatoms. The van der Waals surface area contributed by atoms with E-state index in [9.17, 15) is 9.18 Å². The molecule has 3 heterocycles. The summed E-state index contributed by atoms with van der Waals surface area (Å²) in [6, 6.07) is 7.30. The number of nitrogens with zero attached hydrogens (tertiary/aromatic N) is 2. The predicted molar refractivity (Wildman–Crippen MR) is 93.9 cm³/mol. The average Bonchev–Trinajstić information content (AvgIpc) is 3.04. The van der Waals surface area contributed by atoms with Crippen LogP contribution in [0.25, 0.3) is 22.3 Å². The summed E-state index contributed by atoms with van der Waals surface area (Å²) in [4.78, 5) is 23.9. The second-order valence-corrected chi connectivity index (χ2v) is 6.21. The van der Waals surface area contributed by atoms with Crippen LogP contribution in [0.4, 0.5) is 4.39 Å². The first-order chi connectivity index (χ1) is 12.1. The number of H-pyrrole nitrogens is 1. The van der Waals surface area contributed by atoms with Gasteiger partial charge in [-0.2, -0.15) is 4.39 Å². The van der Waals surface area contributed by atoms with Crippen LogP contribution in [-0.2, 0) is 0 Å². The van der Waals surface area contributed by atoms with Crippen molar-refractivity contribution < 1.29 is 9.18 Å². The maximum absolute atomic E-state index is 13.9.